The Kier molecular flexibility index (Phi) is 4.82. The van der Waals surface area contributed by atoms with Crippen molar-refractivity contribution in [3.05, 3.63) is 10.6 Å². The van der Waals surface area contributed by atoms with Gasteiger partial charge in [-0.2, -0.15) is 0 Å². The molecule has 1 aromatic heterocycles. The molecule has 2 heterocycles. The van der Waals surface area contributed by atoms with Gasteiger partial charge >= 0.3 is 0 Å². The molecular formula is C16H28N4S. The first-order valence-corrected chi connectivity index (χ1v) is 9.22. The number of fused-ring (bicyclic) bond motifs is 1. The first-order valence-electron chi connectivity index (χ1n) is 8.41. The Bertz CT molecular complexity index is 473. The fourth-order valence-electron chi connectivity index (χ4n) is 3.54. The molecule has 2 aliphatic rings. The lowest BCUT2D eigenvalue weighted by Gasteiger charge is -2.39. The molecule has 0 bridgehead atoms. The Morgan fingerprint density at radius 1 is 1.33 bits per heavy atom. The highest BCUT2D eigenvalue weighted by atomic mass is 32.1. The molecular weight excluding hydrogens is 280 g/mol. The molecule has 0 spiro atoms. The summed E-state index contributed by atoms with van der Waals surface area (Å²) >= 11 is 1.94. The van der Waals surface area contributed by atoms with Crippen molar-refractivity contribution in [3.8, 4) is 0 Å². The van der Waals surface area contributed by atoms with Crippen molar-refractivity contribution < 1.29 is 0 Å². The van der Waals surface area contributed by atoms with Crippen LogP contribution in [0.3, 0.4) is 0 Å². The van der Waals surface area contributed by atoms with Crippen molar-refractivity contribution in [2.45, 2.75) is 51.6 Å². The number of nitrogens with one attached hydrogen (secondary N) is 1. The number of hydrogen-bond donors (Lipinski definition) is 1. The summed E-state index contributed by atoms with van der Waals surface area (Å²) in [5.74, 6) is 0. The van der Waals surface area contributed by atoms with E-state index in [1.54, 1.807) is 0 Å². The van der Waals surface area contributed by atoms with Gasteiger partial charge in [-0.1, -0.05) is 25.2 Å². The Balaban J connectivity index is 1.78. The second-order valence-corrected chi connectivity index (χ2v) is 7.31. The highest BCUT2D eigenvalue weighted by Crippen LogP contribution is 2.38. The van der Waals surface area contributed by atoms with E-state index in [4.69, 9.17) is 4.98 Å². The Labute approximate surface area is 132 Å². The zero-order valence-corrected chi connectivity index (χ0v) is 14.4. The van der Waals surface area contributed by atoms with Crippen LogP contribution in [0.15, 0.2) is 0 Å². The summed E-state index contributed by atoms with van der Waals surface area (Å²) in [6.45, 7) is 8.93. The lowest BCUT2D eigenvalue weighted by molar-refractivity contribution is 0.213. The Morgan fingerprint density at radius 2 is 2.19 bits per heavy atom. The number of nitrogens with zero attached hydrogens (tertiary/aromatic N) is 3. The second kappa shape index (κ2) is 6.63. The van der Waals surface area contributed by atoms with E-state index in [-0.39, 0.29) is 0 Å². The van der Waals surface area contributed by atoms with Gasteiger partial charge in [0.2, 0.25) is 0 Å². The van der Waals surface area contributed by atoms with Crippen LogP contribution in [-0.4, -0.2) is 49.2 Å². The molecule has 0 aromatic carbocycles. The minimum absolute atomic E-state index is 0.541. The van der Waals surface area contributed by atoms with Gasteiger partial charge < -0.3 is 10.2 Å². The lowest BCUT2D eigenvalue weighted by Crippen LogP contribution is -2.51. The number of piperazine rings is 1. The Hall–Kier alpha value is -0.650. The van der Waals surface area contributed by atoms with Gasteiger partial charge in [-0.15, -0.1) is 0 Å². The van der Waals surface area contributed by atoms with Crippen molar-refractivity contribution in [2.75, 3.05) is 38.1 Å². The van der Waals surface area contributed by atoms with Crippen molar-refractivity contribution in [2.24, 2.45) is 0 Å². The first kappa shape index (κ1) is 15.3. The van der Waals surface area contributed by atoms with E-state index < -0.39 is 0 Å². The van der Waals surface area contributed by atoms with E-state index in [2.05, 4.69) is 36.0 Å². The molecule has 5 heteroatoms. The zero-order valence-electron chi connectivity index (χ0n) is 13.6. The first-order chi connectivity index (χ1) is 10.2. The standard InChI is InChI=1S/C16H28N4S/c1-4-12-11-20(10-9-19(12)3)16-18-14-8-6-7-13(17-5-2)15(14)21-16/h12-13,17H,4-11H2,1-3H3. The number of thiazole rings is 1. The monoisotopic (exact) mass is 308 g/mol. The molecule has 2 atom stereocenters. The molecule has 0 radical (unpaired) electrons. The van der Waals surface area contributed by atoms with Crippen LogP contribution < -0.4 is 10.2 Å². The molecule has 1 aliphatic carbocycles. The molecule has 0 saturated carbocycles. The van der Waals surface area contributed by atoms with Gasteiger partial charge in [0.25, 0.3) is 0 Å². The maximum atomic E-state index is 4.99. The van der Waals surface area contributed by atoms with Gasteiger partial charge in [0.15, 0.2) is 5.13 Å². The molecule has 1 fully saturated rings. The van der Waals surface area contributed by atoms with E-state index in [1.807, 2.05) is 11.3 Å². The fourth-order valence-corrected chi connectivity index (χ4v) is 4.80. The SMILES string of the molecule is CCNC1CCCc2nc(N3CCN(C)C(CC)C3)sc21. The molecule has 0 amide bonds. The minimum Gasteiger partial charge on any atom is -0.345 e. The summed E-state index contributed by atoms with van der Waals surface area (Å²) in [4.78, 5) is 11.5. The molecule has 1 N–H and O–H groups in total. The van der Waals surface area contributed by atoms with Crippen LogP contribution in [0.4, 0.5) is 5.13 Å². The number of rotatable bonds is 4. The van der Waals surface area contributed by atoms with Crippen molar-refractivity contribution in [1.29, 1.82) is 0 Å². The molecule has 1 aromatic rings. The van der Waals surface area contributed by atoms with Crippen LogP contribution in [0.1, 0.15) is 49.7 Å². The fraction of sp³-hybridized carbons (Fsp3) is 0.812. The van der Waals surface area contributed by atoms with Crippen LogP contribution in [0.25, 0.3) is 0 Å². The van der Waals surface area contributed by atoms with Crippen LogP contribution in [0, 0.1) is 0 Å². The highest BCUT2D eigenvalue weighted by Gasteiger charge is 2.28. The molecule has 2 unspecified atom stereocenters. The second-order valence-electron chi connectivity index (χ2n) is 6.30. The lowest BCUT2D eigenvalue weighted by atomic mass is 9.98. The maximum absolute atomic E-state index is 4.99. The van der Waals surface area contributed by atoms with Crippen LogP contribution in [0.2, 0.25) is 0 Å². The van der Waals surface area contributed by atoms with Crippen molar-refractivity contribution in [3.63, 3.8) is 0 Å². The van der Waals surface area contributed by atoms with Crippen LogP contribution >= 0.6 is 11.3 Å². The van der Waals surface area contributed by atoms with E-state index in [0.717, 1.165) is 26.2 Å². The third-order valence-corrected chi connectivity index (χ3v) is 6.18. The predicted octanol–water partition coefficient (Wildman–Crippen LogP) is 2.66. The quantitative estimate of drug-likeness (QED) is 0.926. The molecule has 1 saturated heterocycles. The third-order valence-electron chi connectivity index (χ3n) is 4.91. The van der Waals surface area contributed by atoms with Crippen LogP contribution in [-0.2, 0) is 6.42 Å². The van der Waals surface area contributed by atoms with Crippen molar-refractivity contribution >= 4 is 16.5 Å². The highest BCUT2D eigenvalue weighted by molar-refractivity contribution is 7.15. The summed E-state index contributed by atoms with van der Waals surface area (Å²) in [5, 5.41) is 4.89. The summed E-state index contributed by atoms with van der Waals surface area (Å²) in [6, 6.07) is 1.21. The minimum atomic E-state index is 0.541. The third kappa shape index (κ3) is 3.10. The van der Waals surface area contributed by atoms with E-state index in [1.165, 1.54) is 41.4 Å². The van der Waals surface area contributed by atoms with E-state index in [9.17, 15) is 0 Å². The molecule has 21 heavy (non-hydrogen) atoms. The number of anilines is 1. The van der Waals surface area contributed by atoms with E-state index in [0.29, 0.717) is 12.1 Å². The zero-order chi connectivity index (χ0) is 14.8. The maximum Gasteiger partial charge on any atom is 0.185 e. The topological polar surface area (TPSA) is 31.4 Å². The van der Waals surface area contributed by atoms with Gasteiger partial charge in [0, 0.05) is 36.6 Å². The molecule has 3 rings (SSSR count). The summed E-state index contributed by atoms with van der Waals surface area (Å²) in [6.07, 6.45) is 4.92. The van der Waals surface area contributed by atoms with Gasteiger partial charge in [-0.25, -0.2) is 4.98 Å². The molecule has 4 nitrogen and oxygen atoms in total. The molecule has 1 aliphatic heterocycles. The summed E-state index contributed by atoms with van der Waals surface area (Å²) < 4.78 is 0. The summed E-state index contributed by atoms with van der Waals surface area (Å²) in [5.41, 5.74) is 1.36. The smallest absolute Gasteiger partial charge is 0.185 e. The van der Waals surface area contributed by atoms with Gasteiger partial charge in [0.05, 0.1) is 5.69 Å². The Morgan fingerprint density at radius 3 is 2.95 bits per heavy atom. The van der Waals surface area contributed by atoms with Crippen molar-refractivity contribution in [1.82, 2.24) is 15.2 Å². The van der Waals surface area contributed by atoms with Gasteiger partial charge in [0.1, 0.15) is 0 Å². The largest absolute Gasteiger partial charge is 0.345 e. The van der Waals surface area contributed by atoms with Gasteiger partial charge in [-0.05, 0) is 39.3 Å². The number of aromatic nitrogens is 1. The predicted molar refractivity (Wildman–Crippen MR) is 90.4 cm³/mol. The number of hydrogen-bond acceptors (Lipinski definition) is 5. The average Bonchev–Trinajstić information content (AvgIpc) is 2.93. The molecule has 118 valence electrons. The number of aryl methyl sites for hydroxylation is 1. The van der Waals surface area contributed by atoms with E-state index >= 15 is 0 Å². The van der Waals surface area contributed by atoms with Crippen LogP contribution in [0.5, 0.6) is 0 Å². The summed E-state index contributed by atoms with van der Waals surface area (Å²) in [7, 11) is 2.25. The normalized spacial score (nSPS) is 26.9. The average molecular weight is 308 g/mol. The number of likely N-dealkylation sites (N-methyl/N-ethyl adjacent to an activating group) is 1. The van der Waals surface area contributed by atoms with Gasteiger partial charge in [-0.3, -0.25) is 4.90 Å².